The Morgan fingerprint density at radius 1 is 1.15 bits per heavy atom. The largest absolute Gasteiger partial charge is 0.398 e. The molecule has 0 atom stereocenters. The molecule has 100 valence electrons. The Kier molecular flexibility index (Phi) is 4.14. The maximum atomic E-state index is 12.0. The number of rotatable bonds is 2. The molecule has 0 fully saturated rings. The van der Waals surface area contributed by atoms with Crippen LogP contribution in [0.5, 0.6) is 0 Å². The van der Waals surface area contributed by atoms with Gasteiger partial charge in [-0.2, -0.15) is 5.26 Å². The number of anilines is 2. The molecule has 0 bridgehead atoms. The molecule has 1 amide bonds. The molecule has 0 saturated carbocycles. The lowest BCUT2D eigenvalue weighted by molar-refractivity contribution is 0.102. The van der Waals surface area contributed by atoms with Crippen LogP contribution in [-0.4, -0.2) is 5.91 Å². The van der Waals surface area contributed by atoms with Crippen molar-refractivity contribution in [3.8, 4) is 6.07 Å². The first-order valence-electron chi connectivity index (χ1n) is 5.57. The Bertz CT molecular complexity index is 723. The van der Waals surface area contributed by atoms with Crippen LogP contribution in [0.2, 0.25) is 10.0 Å². The van der Waals surface area contributed by atoms with E-state index < -0.39 is 0 Å². The van der Waals surface area contributed by atoms with Crippen molar-refractivity contribution in [2.24, 2.45) is 0 Å². The van der Waals surface area contributed by atoms with Gasteiger partial charge >= 0.3 is 0 Å². The second kappa shape index (κ2) is 5.83. The van der Waals surface area contributed by atoms with Gasteiger partial charge in [-0.3, -0.25) is 4.79 Å². The summed E-state index contributed by atoms with van der Waals surface area (Å²) in [6.07, 6.45) is 0. The number of nitrogens with zero attached hydrogens (tertiary/aromatic N) is 1. The van der Waals surface area contributed by atoms with Crippen molar-refractivity contribution < 1.29 is 4.79 Å². The molecule has 0 spiro atoms. The van der Waals surface area contributed by atoms with Gasteiger partial charge in [0.1, 0.15) is 6.07 Å². The molecule has 0 aliphatic carbocycles. The van der Waals surface area contributed by atoms with Crippen LogP contribution in [0.1, 0.15) is 15.9 Å². The maximum Gasteiger partial charge on any atom is 0.255 e. The molecular formula is C14H9Cl2N3O. The molecule has 20 heavy (non-hydrogen) atoms. The minimum Gasteiger partial charge on any atom is -0.398 e. The third-order valence-corrected chi connectivity index (χ3v) is 3.26. The molecule has 0 heterocycles. The predicted molar refractivity (Wildman–Crippen MR) is 80.0 cm³/mol. The number of carbonyl (C=O) groups is 1. The van der Waals surface area contributed by atoms with Crippen LogP contribution in [0.25, 0.3) is 0 Å². The van der Waals surface area contributed by atoms with Gasteiger partial charge in [-0.15, -0.1) is 0 Å². The minimum absolute atomic E-state index is 0.291. The molecule has 0 aromatic heterocycles. The summed E-state index contributed by atoms with van der Waals surface area (Å²) in [7, 11) is 0. The highest BCUT2D eigenvalue weighted by Crippen LogP contribution is 2.22. The van der Waals surface area contributed by atoms with Crippen LogP contribution < -0.4 is 11.1 Å². The Labute approximate surface area is 125 Å². The van der Waals surface area contributed by atoms with Crippen LogP contribution in [0.15, 0.2) is 36.4 Å². The summed E-state index contributed by atoms with van der Waals surface area (Å²) in [5.41, 5.74) is 7.13. The standard InChI is InChI=1S/C14H9Cl2N3O/c15-11-3-2-10(5-9(11)7-17)19-14(20)8-1-4-13(18)12(16)6-8/h1-6H,18H2,(H,19,20). The molecule has 2 aromatic rings. The molecule has 3 N–H and O–H groups in total. The fourth-order valence-corrected chi connectivity index (χ4v) is 1.90. The summed E-state index contributed by atoms with van der Waals surface area (Å²) in [6, 6.07) is 11.2. The average Bonchev–Trinajstić information content (AvgIpc) is 2.43. The van der Waals surface area contributed by atoms with Gasteiger partial charge in [-0.05, 0) is 36.4 Å². The van der Waals surface area contributed by atoms with Crippen molar-refractivity contribution in [3.05, 3.63) is 57.6 Å². The number of hydrogen-bond acceptors (Lipinski definition) is 3. The number of benzene rings is 2. The fourth-order valence-electron chi connectivity index (χ4n) is 1.56. The van der Waals surface area contributed by atoms with E-state index in [0.29, 0.717) is 32.5 Å². The Hall–Kier alpha value is -2.22. The van der Waals surface area contributed by atoms with Crippen molar-refractivity contribution in [3.63, 3.8) is 0 Å². The number of halogens is 2. The zero-order chi connectivity index (χ0) is 14.7. The molecule has 6 heteroatoms. The van der Waals surface area contributed by atoms with Gasteiger partial charge in [0.2, 0.25) is 0 Å². The normalized spacial score (nSPS) is 9.85. The first-order valence-corrected chi connectivity index (χ1v) is 6.33. The third kappa shape index (κ3) is 3.02. The molecule has 0 radical (unpaired) electrons. The van der Waals surface area contributed by atoms with Gasteiger partial charge in [0.25, 0.3) is 5.91 Å². The van der Waals surface area contributed by atoms with Crippen LogP contribution >= 0.6 is 23.2 Å². The number of hydrogen-bond donors (Lipinski definition) is 2. The van der Waals surface area contributed by atoms with Gasteiger partial charge in [-0.25, -0.2) is 0 Å². The number of nitrogens with one attached hydrogen (secondary N) is 1. The maximum absolute atomic E-state index is 12.0. The van der Waals surface area contributed by atoms with E-state index in [2.05, 4.69) is 5.32 Å². The summed E-state index contributed by atoms with van der Waals surface area (Å²) in [4.78, 5) is 12.0. The summed E-state index contributed by atoms with van der Waals surface area (Å²) < 4.78 is 0. The lowest BCUT2D eigenvalue weighted by Gasteiger charge is -2.07. The van der Waals surface area contributed by atoms with E-state index in [1.54, 1.807) is 24.3 Å². The van der Waals surface area contributed by atoms with Gasteiger partial charge < -0.3 is 11.1 Å². The number of nitriles is 1. The van der Waals surface area contributed by atoms with E-state index in [1.165, 1.54) is 12.1 Å². The summed E-state index contributed by atoms with van der Waals surface area (Å²) in [5.74, 6) is -0.349. The van der Waals surface area contributed by atoms with Crippen molar-refractivity contribution in [2.75, 3.05) is 11.1 Å². The zero-order valence-corrected chi connectivity index (χ0v) is 11.7. The summed E-state index contributed by atoms with van der Waals surface area (Å²) >= 11 is 11.7. The molecule has 0 aliphatic heterocycles. The van der Waals surface area contributed by atoms with Crippen LogP contribution in [0.4, 0.5) is 11.4 Å². The highest BCUT2D eigenvalue weighted by Gasteiger charge is 2.09. The topological polar surface area (TPSA) is 78.9 Å². The van der Waals surface area contributed by atoms with E-state index in [9.17, 15) is 4.79 Å². The molecule has 4 nitrogen and oxygen atoms in total. The molecule has 2 rings (SSSR count). The van der Waals surface area contributed by atoms with Crippen LogP contribution in [0.3, 0.4) is 0 Å². The molecule has 2 aromatic carbocycles. The SMILES string of the molecule is N#Cc1cc(NC(=O)c2ccc(N)c(Cl)c2)ccc1Cl. The van der Waals surface area contributed by atoms with Crippen molar-refractivity contribution in [1.29, 1.82) is 5.26 Å². The average molecular weight is 306 g/mol. The number of nitrogens with two attached hydrogens (primary N) is 1. The number of carbonyl (C=O) groups excluding carboxylic acids is 1. The second-order valence-electron chi connectivity index (χ2n) is 4.00. The Balaban J connectivity index is 2.23. The third-order valence-electron chi connectivity index (χ3n) is 2.61. The van der Waals surface area contributed by atoms with Gasteiger partial charge in [0.15, 0.2) is 0 Å². The van der Waals surface area contributed by atoms with Crippen LogP contribution in [0, 0.1) is 11.3 Å². The van der Waals surface area contributed by atoms with E-state index in [-0.39, 0.29) is 5.91 Å². The van der Waals surface area contributed by atoms with Gasteiger partial charge in [0, 0.05) is 11.3 Å². The van der Waals surface area contributed by atoms with E-state index in [1.807, 2.05) is 6.07 Å². The Morgan fingerprint density at radius 3 is 2.55 bits per heavy atom. The predicted octanol–water partition coefficient (Wildman–Crippen LogP) is 3.70. The molecule has 0 aliphatic rings. The highest BCUT2D eigenvalue weighted by atomic mass is 35.5. The van der Waals surface area contributed by atoms with E-state index in [4.69, 9.17) is 34.2 Å². The monoisotopic (exact) mass is 305 g/mol. The summed E-state index contributed by atoms with van der Waals surface area (Å²) in [6.45, 7) is 0. The van der Waals surface area contributed by atoms with Gasteiger partial charge in [0.05, 0.1) is 21.3 Å². The van der Waals surface area contributed by atoms with Crippen molar-refractivity contribution in [1.82, 2.24) is 0 Å². The smallest absolute Gasteiger partial charge is 0.255 e. The quantitative estimate of drug-likeness (QED) is 0.830. The van der Waals surface area contributed by atoms with Crippen molar-refractivity contribution in [2.45, 2.75) is 0 Å². The lowest BCUT2D eigenvalue weighted by Crippen LogP contribution is -2.12. The second-order valence-corrected chi connectivity index (χ2v) is 4.81. The number of amides is 1. The van der Waals surface area contributed by atoms with E-state index in [0.717, 1.165) is 0 Å². The Morgan fingerprint density at radius 2 is 1.90 bits per heavy atom. The first-order chi connectivity index (χ1) is 9.51. The zero-order valence-electron chi connectivity index (χ0n) is 10.2. The molecule has 0 saturated heterocycles. The first kappa shape index (κ1) is 14.2. The lowest BCUT2D eigenvalue weighted by atomic mass is 10.1. The highest BCUT2D eigenvalue weighted by molar-refractivity contribution is 6.33. The van der Waals surface area contributed by atoms with E-state index >= 15 is 0 Å². The van der Waals surface area contributed by atoms with Crippen LogP contribution in [-0.2, 0) is 0 Å². The molecular weight excluding hydrogens is 297 g/mol. The van der Waals surface area contributed by atoms with Crippen molar-refractivity contribution >= 4 is 40.5 Å². The number of nitrogen functional groups attached to an aromatic ring is 1. The summed E-state index contributed by atoms with van der Waals surface area (Å²) in [5, 5.41) is 12.2. The molecule has 0 unspecified atom stereocenters. The fraction of sp³-hybridized carbons (Fsp3) is 0. The van der Waals surface area contributed by atoms with Gasteiger partial charge in [-0.1, -0.05) is 23.2 Å². The minimum atomic E-state index is -0.349.